The summed E-state index contributed by atoms with van der Waals surface area (Å²) in [6, 6.07) is 5.33. The normalized spacial score (nSPS) is 16.8. The fourth-order valence-electron chi connectivity index (χ4n) is 4.73. The van der Waals surface area contributed by atoms with Gasteiger partial charge in [-0.1, -0.05) is 30.3 Å². The van der Waals surface area contributed by atoms with Crippen LogP contribution in [0.25, 0.3) is 0 Å². The molecule has 0 bridgehead atoms. The highest BCUT2D eigenvalue weighted by Gasteiger charge is 2.61. The zero-order chi connectivity index (χ0) is 29.7. The third-order valence-electron chi connectivity index (χ3n) is 6.85. The van der Waals surface area contributed by atoms with Gasteiger partial charge in [0.2, 0.25) is 0 Å². The molecule has 0 aliphatic carbocycles. The van der Waals surface area contributed by atoms with E-state index >= 15 is 0 Å². The Hall–Kier alpha value is -2.74. The van der Waals surface area contributed by atoms with E-state index in [-0.39, 0.29) is 24.3 Å². The molecular formula is C27H36N4O6S2. The van der Waals surface area contributed by atoms with Crippen LogP contribution < -0.4 is 22.9 Å². The fourth-order valence-corrected chi connectivity index (χ4v) is 5.41. The number of carbonyl (C=O) groups is 4. The van der Waals surface area contributed by atoms with Gasteiger partial charge in [0, 0.05) is 5.75 Å². The molecule has 39 heavy (non-hydrogen) atoms. The molecule has 0 spiro atoms. The molecule has 0 aliphatic heterocycles. The Bertz CT molecular complexity index is 1210. The van der Waals surface area contributed by atoms with E-state index in [1.165, 1.54) is 12.1 Å². The average Bonchev–Trinajstić information content (AvgIpc) is 2.89. The Labute approximate surface area is 238 Å². The first kappa shape index (κ1) is 32.5. The molecule has 10 N–H and O–H groups in total. The number of benzene rings is 2. The maximum Gasteiger partial charge on any atom is 0.321 e. The number of rotatable bonds is 14. The van der Waals surface area contributed by atoms with Crippen LogP contribution in [-0.4, -0.2) is 68.7 Å². The van der Waals surface area contributed by atoms with Crippen molar-refractivity contribution in [3.05, 3.63) is 64.7 Å². The zero-order valence-electron chi connectivity index (χ0n) is 21.8. The number of ketones is 3. The highest BCUT2D eigenvalue weighted by atomic mass is 32.1. The number of hydrogen-bond donors (Lipinski definition) is 8. The van der Waals surface area contributed by atoms with Gasteiger partial charge in [-0.3, -0.25) is 19.2 Å². The summed E-state index contributed by atoms with van der Waals surface area (Å²) in [5.41, 5.74) is 24.2. The van der Waals surface area contributed by atoms with E-state index in [1.54, 1.807) is 44.2 Å². The lowest BCUT2D eigenvalue weighted by Crippen LogP contribution is -2.69. The van der Waals surface area contributed by atoms with Gasteiger partial charge in [0.1, 0.15) is 11.8 Å². The summed E-state index contributed by atoms with van der Waals surface area (Å²) in [4.78, 5) is 54.2. The Morgan fingerprint density at radius 1 is 0.846 bits per heavy atom. The third kappa shape index (κ3) is 6.89. The SMILES string of the molecule is Cc1cc(O)cc(C)c1C[C@H](N)C(=O)C(C(=O)[C@H](N)CS)(C(=O)[C@@H](N)Cc1ccccc1)C(S)C(N)C(=O)O. The van der Waals surface area contributed by atoms with Gasteiger partial charge in [-0.15, -0.1) is 0 Å². The van der Waals surface area contributed by atoms with Gasteiger partial charge < -0.3 is 33.1 Å². The summed E-state index contributed by atoms with van der Waals surface area (Å²) in [6.45, 7) is 3.41. The van der Waals surface area contributed by atoms with Crippen LogP contribution in [0.2, 0.25) is 0 Å². The van der Waals surface area contributed by atoms with Crippen molar-refractivity contribution >= 4 is 48.6 Å². The van der Waals surface area contributed by atoms with Crippen molar-refractivity contribution in [2.24, 2.45) is 28.3 Å². The van der Waals surface area contributed by atoms with Crippen molar-refractivity contribution in [3.8, 4) is 5.75 Å². The van der Waals surface area contributed by atoms with Crippen LogP contribution in [0.1, 0.15) is 22.3 Å². The highest BCUT2D eigenvalue weighted by Crippen LogP contribution is 2.37. The van der Waals surface area contributed by atoms with E-state index < -0.39 is 58.2 Å². The second-order valence-corrected chi connectivity index (χ2v) is 10.6. The van der Waals surface area contributed by atoms with E-state index in [1.807, 2.05) is 0 Å². The Morgan fingerprint density at radius 2 is 1.31 bits per heavy atom. The summed E-state index contributed by atoms with van der Waals surface area (Å²) in [7, 11) is 0. The standard InChI is InChI=1S/C27H36N4O6S2/c1-13-8-16(32)9-14(2)17(13)11-19(29)23(34)27(24(35)20(30)12-38,25(39)21(31)26(36)37)22(33)18(28)10-15-6-4-3-5-7-15/h3-9,18-21,25,32,38-39H,10-12,28-31H2,1-2H3,(H,36,37)/t18-,19-,20+,21?,25?,27?/m0/s1. The minimum absolute atomic E-state index is 0.0165. The molecular weight excluding hydrogens is 540 g/mol. The number of Topliss-reactive ketones (excluding diaryl/α,β-unsaturated/α-hetero) is 3. The van der Waals surface area contributed by atoms with E-state index in [2.05, 4.69) is 25.3 Å². The molecule has 2 aromatic carbocycles. The van der Waals surface area contributed by atoms with Crippen LogP contribution in [0.3, 0.4) is 0 Å². The topological polar surface area (TPSA) is 213 Å². The summed E-state index contributed by atoms with van der Waals surface area (Å²) < 4.78 is 0. The zero-order valence-corrected chi connectivity index (χ0v) is 23.6. The maximum absolute atomic E-state index is 14.2. The molecule has 212 valence electrons. The third-order valence-corrected chi connectivity index (χ3v) is 7.95. The molecule has 3 unspecified atom stereocenters. The van der Waals surface area contributed by atoms with Crippen molar-refractivity contribution in [1.82, 2.24) is 0 Å². The number of carboxylic acids is 1. The second kappa shape index (κ2) is 13.6. The van der Waals surface area contributed by atoms with Gasteiger partial charge in [0.15, 0.2) is 22.8 Å². The molecule has 0 aliphatic rings. The van der Waals surface area contributed by atoms with Crippen LogP contribution in [0.5, 0.6) is 5.75 Å². The van der Waals surface area contributed by atoms with Gasteiger partial charge in [0.05, 0.1) is 23.4 Å². The first-order valence-electron chi connectivity index (χ1n) is 12.2. The van der Waals surface area contributed by atoms with E-state index in [0.29, 0.717) is 22.3 Å². The number of hydrogen-bond acceptors (Lipinski definition) is 11. The smallest absolute Gasteiger partial charge is 0.321 e. The summed E-state index contributed by atoms with van der Waals surface area (Å²) in [5.74, 6) is -5.12. The number of phenols is 1. The molecule has 2 aromatic rings. The monoisotopic (exact) mass is 576 g/mol. The Kier molecular flexibility index (Phi) is 11.3. The second-order valence-electron chi connectivity index (χ2n) is 9.66. The molecule has 10 nitrogen and oxygen atoms in total. The molecule has 6 atom stereocenters. The minimum Gasteiger partial charge on any atom is -0.508 e. The van der Waals surface area contributed by atoms with Crippen molar-refractivity contribution in [2.75, 3.05) is 5.75 Å². The molecule has 0 fully saturated rings. The predicted octanol–water partition coefficient (Wildman–Crippen LogP) is 0.110. The van der Waals surface area contributed by atoms with E-state index in [4.69, 9.17) is 22.9 Å². The number of aryl methyl sites for hydroxylation is 2. The largest absolute Gasteiger partial charge is 0.508 e. The number of aliphatic carboxylic acids is 1. The number of nitrogens with two attached hydrogens (primary N) is 4. The van der Waals surface area contributed by atoms with Crippen LogP contribution >= 0.6 is 25.3 Å². The predicted molar refractivity (Wildman–Crippen MR) is 155 cm³/mol. The van der Waals surface area contributed by atoms with Crippen LogP contribution in [0, 0.1) is 19.3 Å². The lowest BCUT2D eigenvalue weighted by molar-refractivity contribution is -0.152. The van der Waals surface area contributed by atoms with Gasteiger partial charge in [-0.25, -0.2) is 0 Å². The molecule has 0 radical (unpaired) electrons. The molecule has 0 amide bonds. The van der Waals surface area contributed by atoms with Crippen molar-refractivity contribution in [1.29, 1.82) is 0 Å². The van der Waals surface area contributed by atoms with Crippen molar-refractivity contribution in [3.63, 3.8) is 0 Å². The van der Waals surface area contributed by atoms with Crippen LogP contribution in [0.4, 0.5) is 0 Å². The van der Waals surface area contributed by atoms with Crippen LogP contribution in [-0.2, 0) is 32.0 Å². The molecule has 0 heterocycles. The number of phenolic OH excluding ortho intramolecular Hbond substituents is 1. The summed E-state index contributed by atoms with van der Waals surface area (Å²) >= 11 is 8.36. The lowest BCUT2D eigenvalue weighted by Gasteiger charge is -2.40. The minimum atomic E-state index is -2.78. The van der Waals surface area contributed by atoms with E-state index in [9.17, 15) is 29.4 Å². The Balaban J connectivity index is 2.72. The first-order valence-corrected chi connectivity index (χ1v) is 13.3. The molecule has 0 aromatic heterocycles. The van der Waals surface area contributed by atoms with Gasteiger partial charge in [-0.2, -0.15) is 25.3 Å². The highest BCUT2D eigenvalue weighted by molar-refractivity contribution is 7.81. The Morgan fingerprint density at radius 3 is 1.77 bits per heavy atom. The molecule has 12 heteroatoms. The number of aromatic hydroxyl groups is 1. The quantitative estimate of drug-likeness (QED) is 0.112. The molecule has 0 saturated heterocycles. The van der Waals surface area contributed by atoms with Crippen molar-refractivity contribution in [2.45, 2.75) is 56.1 Å². The summed E-state index contributed by atoms with van der Waals surface area (Å²) in [6.07, 6.45) is -0.196. The van der Waals surface area contributed by atoms with Gasteiger partial charge in [0.25, 0.3) is 0 Å². The maximum atomic E-state index is 14.2. The lowest BCUT2D eigenvalue weighted by atomic mass is 9.64. The first-order chi connectivity index (χ1) is 18.2. The number of carbonyl (C=O) groups excluding carboxylic acids is 3. The molecule has 2 rings (SSSR count). The van der Waals surface area contributed by atoms with Gasteiger partial charge >= 0.3 is 5.97 Å². The summed E-state index contributed by atoms with van der Waals surface area (Å²) in [5, 5.41) is 17.7. The van der Waals surface area contributed by atoms with Crippen LogP contribution in [0.15, 0.2) is 42.5 Å². The number of carboxylic acid groups (broad SMARTS) is 1. The number of thiol groups is 2. The van der Waals surface area contributed by atoms with Crippen molar-refractivity contribution < 1.29 is 29.4 Å². The molecule has 0 saturated carbocycles. The fraction of sp³-hybridized carbons (Fsp3) is 0.407. The van der Waals surface area contributed by atoms with Gasteiger partial charge in [-0.05, 0) is 61.1 Å². The van der Waals surface area contributed by atoms with E-state index in [0.717, 1.165) is 0 Å². The average molecular weight is 577 g/mol.